The highest BCUT2D eigenvalue weighted by molar-refractivity contribution is 7.71. The van der Waals surface area contributed by atoms with E-state index in [1.807, 2.05) is 4.57 Å². The third-order valence-corrected chi connectivity index (χ3v) is 7.31. The number of aryl methyl sites for hydroxylation is 1. The lowest BCUT2D eigenvalue weighted by Gasteiger charge is -2.59. The van der Waals surface area contributed by atoms with E-state index in [9.17, 15) is 4.79 Å². The predicted octanol–water partition coefficient (Wildman–Crippen LogP) is 3.61. The summed E-state index contributed by atoms with van der Waals surface area (Å²) in [5.41, 5.74) is 0.342. The van der Waals surface area contributed by atoms with Crippen molar-refractivity contribution < 1.29 is 4.79 Å². The van der Waals surface area contributed by atoms with Gasteiger partial charge in [-0.3, -0.25) is 14.5 Å². The molecule has 1 aromatic rings. The van der Waals surface area contributed by atoms with Crippen LogP contribution in [0, 0.1) is 27.9 Å². The lowest BCUT2D eigenvalue weighted by atomic mass is 9.48. The second-order valence-electron chi connectivity index (χ2n) is 8.85. The van der Waals surface area contributed by atoms with Gasteiger partial charge in [0.25, 0.3) is 0 Å². The maximum Gasteiger partial charge on any atom is 0.240 e. The molecule has 0 radical (unpaired) electrons. The molecule has 1 heterocycles. The van der Waals surface area contributed by atoms with Crippen LogP contribution in [0.1, 0.15) is 64.6 Å². The Hall–Kier alpha value is -1.17. The maximum atomic E-state index is 12.7. The van der Waals surface area contributed by atoms with Crippen LogP contribution in [-0.4, -0.2) is 26.7 Å². The van der Waals surface area contributed by atoms with Crippen LogP contribution in [0.25, 0.3) is 0 Å². The Morgan fingerprint density at radius 1 is 1.32 bits per heavy atom. The molecule has 4 bridgehead atoms. The summed E-state index contributed by atoms with van der Waals surface area (Å²) in [4.78, 5) is 12.7. The minimum Gasteiger partial charge on any atom is -0.352 e. The fourth-order valence-electron chi connectivity index (χ4n) is 6.22. The van der Waals surface area contributed by atoms with Crippen LogP contribution in [0.15, 0.2) is 0 Å². The highest BCUT2D eigenvalue weighted by Gasteiger charge is 2.53. The lowest BCUT2D eigenvalue weighted by Crippen LogP contribution is -2.56. The average Bonchev–Trinajstić information content (AvgIpc) is 2.87. The van der Waals surface area contributed by atoms with Crippen LogP contribution in [0.3, 0.4) is 0 Å². The van der Waals surface area contributed by atoms with Gasteiger partial charge < -0.3 is 5.32 Å². The molecule has 1 amide bonds. The molecule has 5 rings (SSSR count). The summed E-state index contributed by atoms with van der Waals surface area (Å²) >= 11 is 5.30. The molecule has 0 spiro atoms. The molecule has 4 aliphatic rings. The minimum absolute atomic E-state index is 0.0677. The molecule has 25 heavy (non-hydrogen) atoms. The molecule has 1 atom stereocenters. The molecule has 0 aliphatic heterocycles. The quantitative estimate of drug-likeness (QED) is 0.760. The first-order valence-electron chi connectivity index (χ1n) is 9.92. The molecule has 4 aliphatic carbocycles. The minimum atomic E-state index is 0.0677. The molecule has 0 unspecified atom stereocenters. The Kier molecular flexibility index (Phi) is 4.50. The fourth-order valence-corrected chi connectivity index (χ4v) is 6.44. The molecule has 0 aromatic carbocycles. The molecule has 4 saturated carbocycles. The van der Waals surface area contributed by atoms with Gasteiger partial charge in [0.1, 0.15) is 12.4 Å². The first-order valence-corrected chi connectivity index (χ1v) is 10.3. The molecular formula is C19H30N4OS. The summed E-state index contributed by atoms with van der Waals surface area (Å²) in [5.74, 6) is 3.67. The van der Waals surface area contributed by atoms with Gasteiger partial charge in [-0.05, 0) is 87.3 Å². The van der Waals surface area contributed by atoms with Gasteiger partial charge >= 0.3 is 0 Å². The second kappa shape index (κ2) is 6.53. The topological polar surface area (TPSA) is 62.7 Å². The molecular weight excluding hydrogens is 332 g/mol. The molecule has 138 valence electrons. The Morgan fingerprint density at radius 3 is 2.48 bits per heavy atom. The third-order valence-electron chi connectivity index (χ3n) is 6.99. The van der Waals surface area contributed by atoms with Gasteiger partial charge in [0.2, 0.25) is 5.91 Å². The second-order valence-corrected chi connectivity index (χ2v) is 9.24. The number of aromatic amines is 1. The summed E-state index contributed by atoms with van der Waals surface area (Å²) in [7, 11) is 0. The van der Waals surface area contributed by atoms with E-state index in [4.69, 9.17) is 12.2 Å². The van der Waals surface area contributed by atoms with Crippen molar-refractivity contribution >= 4 is 18.1 Å². The Bertz CT molecular complexity index is 671. The largest absolute Gasteiger partial charge is 0.352 e. The zero-order valence-electron chi connectivity index (χ0n) is 15.4. The van der Waals surface area contributed by atoms with E-state index in [1.54, 1.807) is 0 Å². The Morgan fingerprint density at radius 2 is 1.92 bits per heavy atom. The highest BCUT2D eigenvalue weighted by atomic mass is 32.1. The van der Waals surface area contributed by atoms with E-state index >= 15 is 0 Å². The summed E-state index contributed by atoms with van der Waals surface area (Å²) in [6.07, 6.45) is 10.1. The number of nitrogens with one attached hydrogen (secondary N) is 2. The molecule has 0 saturated heterocycles. The van der Waals surface area contributed by atoms with Crippen molar-refractivity contribution in [2.24, 2.45) is 23.2 Å². The number of amides is 1. The van der Waals surface area contributed by atoms with Gasteiger partial charge in [0, 0.05) is 12.5 Å². The van der Waals surface area contributed by atoms with Crippen molar-refractivity contribution in [1.29, 1.82) is 0 Å². The number of rotatable bonds is 6. The number of carbonyl (C=O) groups is 1. The standard InChI is InChI=1S/C19H30N4OS/c1-3-4-16-21-22-18(25)23(16)11-17(24)20-12(2)19-8-13-5-14(9-19)7-15(6-13)10-19/h12-15H,3-11H2,1-2H3,(H,20,24)(H,22,25)/t12-,13?,14?,15?,19?/m1/s1. The van der Waals surface area contributed by atoms with E-state index in [0.717, 1.165) is 36.4 Å². The number of hydrogen-bond acceptors (Lipinski definition) is 3. The molecule has 1 aromatic heterocycles. The molecule has 4 fully saturated rings. The van der Waals surface area contributed by atoms with Gasteiger partial charge in [-0.15, -0.1) is 0 Å². The van der Waals surface area contributed by atoms with E-state index in [2.05, 4.69) is 29.4 Å². The summed E-state index contributed by atoms with van der Waals surface area (Å²) in [6.45, 7) is 4.62. The van der Waals surface area contributed by atoms with Crippen LogP contribution in [0.4, 0.5) is 0 Å². The first-order chi connectivity index (χ1) is 12.0. The zero-order valence-corrected chi connectivity index (χ0v) is 16.2. The summed E-state index contributed by atoms with van der Waals surface area (Å²) in [5, 5.41) is 10.4. The Labute approximate surface area is 155 Å². The number of aromatic nitrogens is 3. The van der Waals surface area contributed by atoms with Crippen molar-refractivity contribution in [3.8, 4) is 0 Å². The monoisotopic (exact) mass is 362 g/mol. The van der Waals surface area contributed by atoms with Crippen molar-refractivity contribution in [2.45, 2.75) is 77.8 Å². The smallest absolute Gasteiger partial charge is 0.240 e. The van der Waals surface area contributed by atoms with E-state index < -0.39 is 0 Å². The van der Waals surface area contributed by atoms with Crippen LogP contribution < -0.4 is 5.32 Å². The number of nitrogens with zero attached hydrogens (tertiary/aromatic N) is 2. The van der Waals surface area contributed by atoms with Gasteiger partial charge in [-0.25, -0.2) is 0 Å². The summed E-state index contributed by atoms with van der Waals surface area (Å²) < 4.78 is 2.39. The van der Waals surface area contributed by atoms with Crippen molar-refractivity contribution in [1.82, 2.24) is 20.1 Å². The van der Waals surface area contributed by atoms with Crippen molar-refractivity contribution in [2.75, 3.05) is 0 Å². The fraction of sp³-hybridized carbons (Fsp3) is 0.842. The lowest BCUT2D eigenvalue weighted by molar-refractivity contribution is -0.126. The van der Waals surface area contributed by atoms with Gasteiger partial charge in [-0.2, -0.15) is 5.10 Å². The zero-order chi connectivity index (χ0) is 17.6. The number of carbonyl (C=O) groups excluding carboxylic acids is 1. The SMILES string of the molecule is CCCc1n[nH]c(=S)n1CC(=O)N[C@H](C)C12CC3CC(CC(C3)C1)C2. The Balaban J connectivity index is 1.43. The summed E-state index contributed by atoms with van der Waals surface area (Å²) in [6, 6.07) is 0.254. The first kappa shape index (κ1) is 17.3. The number of H-pyrrole nitrogens is 1. The van der Waals surface area contributed by atoms with E-state index in [-0.39, 0.29) is 18.5 Å². The maximum absolute atomic E-state index is 12.7. The van der Waals surface area contributed by atoms with E-state index in [0.29, 0.717) is 10.2 Å². The van der Waals surface area contributed by atoms with E-state index in [1.165, 1.54) is 38.5 Å². The molecule has 5 nitrogen and oxygen atoms in total. The predicted molar refractivity (Wildman–Crippen MR) is 99.6 cm³/mol. The van der Waals surface area contributed by atoms with Crippen LogP contribution in [0.5, 0.6) is 0 Å². The number of hydrogen-bond donors (Lipinski definition) is 2. The molecule has 6 heteroatoms. The van der Waals surface area contributed by atoms with Crippen LogP contribution in [-0.2, 0) is 17.8 Å². The third kappa shape index (κ3) is 3.18. The normalized spacial score (nSPS) is 34.2. The van der Waals surface area contributed by atoms with Crippen LogP contribution >= 0.6 is 12.2 Å². The van der Waals surface area contributed by atoms with Gasteiger partial charge in [0.15, 0.2) is 4.77 Å². The van der Waals surface area contributed by atoms with Gasteiger partial charge in [-0.1, -0.05) is 6.92 Å². The van der Waals surface area contributed by atoms with Crippen molar-refractivity contribution in [3.05, 3.63) is 10.6 Å². The van der Waals surface area contributed by atoms with Crippen LogP contribution in [0.2, 0.25) is 0 Å². The van der Waals surface area contributed by atoms with Crippen molar-refractivity contribution in [3.63, 3.8) is 0 Å². The molecule has 2 N–H and O–H groups in total. The van der Waals surface area contributed by atoms with Gasteiger partial charge in [0.05, 0.1) is 0 Å². The highest BCUT2D eigenvalue weighted by Crippen LogP contribution is 2.61. The average molecular weight is 363 g/mol.